The minimum Gasteiger partial charge on any atom is -0.341 e. The Kier molecular flexibility index (Phi) is 5.67. The van der Waals surface area contributed by atoms with Crippen molar-refractivity contribution in [3.05, 3.63) is 62.4 Å². The molecule has 36 heavy (non-hydrogen) atoms. The van der Waals surface area contributed by atoms with Gasteiger partial charge in [-0.1, -0.05) is 24.3 Å². The Morgan fingerprint density at radius 2 is 1.86 bits per heavy atom. The number of benzene rings is 1. The number of nitrogens with zero attached hydrogens (tertiary/aromatic N) is 6. The van der Waals surface area contributed by atoms with Crippen molar-refractivity contribution in [3.63, 3.8) is 0 Å². The topological polar surface area (TPSA) is 104 Å². The molecule has 1 unspecified atom stereocenters. The molecule has 0 radical (unpaired) electrons. The van der Waals surface area contributed by atoms with Gasteiger partial charge in [-0.25, -0.2) is 14.3 Å². The Hall–Kier alpha value is -3.46. The van der Waals surface area contributed by atoms with Crippen molar-refractivity contribution in [3.8, 4) is 0 Å². The van der Waals surface area contributed by atoms with E-state index in [2.05, 4.69) is 11.0 Å². The Balaban J connectivity index is 1.57. The molecule has 1 saturated heterocycles. The number of aromatic nitrogens is 5. The van der Waals surface area contributed by atoms with Crippen LogP contribution in [0.3, 0.4) is 0 Å². The third-order valence-electron chi connectivity index (χ3n) is 7.54. The van der Waals surface area contributed by atoms with Gasteiger partial charge in [0.1, 0.15) is 5.52 Å². The highest BCUT2D eigenvalue weighted by Crippen LogP contribution is 2.30. The summed E-state index contributed by atoms with van der Waals surface area (Å²) in [6.45, 7) is 6.75. The highest BCUT2D eigenvalue weighted by atomic mass is 16.2. The minimum atomic E-state index is -0.205. The van der Waals surface area contributed by atoms with Crippen LogP contribution >= 0.6 is 0 Å². The average Bonchev–Trinajstić information content (AvgIpc) is 3.60. The van der Waals surface area contributed by atoms with Crippen LogP contribution in [0.2, 0.25) is 0 Å². The van der Waals surface area contributed by atoms with E-state index in [0.29, 0.717) is 37.0 Å². The molecule has 6 rings (SSSR count). The van der Waals surface area contributed by atoms with E-state index in [-0.39, 0.29) is 29.2 Å². The smallest absolute Gasteiger partial charge is 0.293 e. The quantitative estimate of drug-likeness (QED) is 0.448. The normalized spacial score (nSPS) is 18.4. The molecule has 1 atom stereocenters. The first-order valence-corrected chi connectivity index (χ1v) is 13.0. The predicted molar refractivity (Wildman–Crippen MR) is 142 cm³/mol. The highest BCUT2D eigenvalue weighted by Gasteiger charge is 2.29. The minimum absolute atomic E-state index is 0.0627. The molecule has 1 aliphatic carbocycles. The molecule has 4 aromatic rings. The molecule has 1 saturated carbocycles. The summed E-state index contributed by atoms with van der Waals surface area (Å²) >= 11 is 0. The molecule has 1 aromatic carbocycles. The van der Waals surface area contributed by atoms with Crippen LogP contribution in [0.5, 0.6) is 0 Å². The van der Waals surface area contributed by atoms with Crippen LogP contribution in [-0.2, 0) is 19.6 Å². The second-order valence-corrected chi connectivity index (χ2v) is 10.3. The molecule has 3 aromatic heterocycles. The van der Waals surface area contributed by atoms with E-state index in [1.165, 1.54) is 0 Å². The number of fused-ring (bicyclic) bond motifs is 2. The fourth-order valence-corrected chi connectivity index (χ4v) is 5.57. The zero-order valence-corrected chi connectivity index (χ0v) is 21.0. The number of imidazole rings is 1. The van der Waals surface area contributed by atoms with Gasteiger partial charge in [0.05, 0.1) is 12.2 Å². The highest BCUT2D eigenvalue weighted by molar-refractivity contribution is 5.85. The van der Waals surface area contributed by atoms with Crippen LogP contribution in [-0.4, -0.2) is 43.0 Å². The lowest BCUT2D eigenvalue weighted by molar-refractivity contribution is 0.418. The predicted octanol–water partition coefficient (Wildman–Crippen LogP) is 2.62. The third kappa shape index (κ3) is 3.91. The van der Waals surface area contributed by atoms with Gasteiger partial charge in [-0.2, -0.15) is 0 Å². The molecular weight excluding hydrogens is 454 g/mol. The van der Waals surface area contributed by atoms with Gasteiger partial charge in [-0.05, 0) is 56.9 Å². The molecule has 0 amide bonds. The van der Waals surface area contributed by atoms with Gasteiger partial charge in [0, 0.05) is 43.3 Å². The van der Waals surface area contributed by atoms with Gasteiger partial charge in [-0.3, -0.25) is 14.6 Å². The largest absolute Gasteiger partial charge is 0.341 e. The molecule has 1 aliphatic heterocycles. The van der Waals surface area contributed by atoms with Crippen LogP contribution in [0.15, 0.2) is 39.9 Å². The SMILES string of the molecule is CCn1c(N2CCCC(N)C2)nc2c(=O)n(CC3CC3)n(Cc3nc(C)cc4ccccc34)c(=O)c21. The summed E-state index contributed by atoms with van der Waals surface area (Å²) in [7, 11) is 0. The number of aryl methyl sites for hydroxylation is 2. The van der Waals surface area contributed by atoms with Crippen molar-refractivity contribution < 1.29 is 0 Å². The van der Waals surface area contributed by atoms with E-state index in [4.69, 9.17) is 15.7 Å². The van der Waals surface area contributed by atoms with Crippen molar-refractivity contribution in [2.75, 3.05) is 18.0 Å². The van der Waals surface area contributed by atoms with E-state index < -0.39 is 0 Å². The zero-order chi connectivity index (χ0) is 25.0. The monoisotopic (exact) mass is 487 g/mol. The summed E-state index contributed by atoms with van der Waals surface area (Å²) in [6, 6.07) is 10.2. The molecule has 9 nitrogen and oxygen atoms in total. The number of piperidine rings is 1. The molecular formula is C27H33N7O2. The van der Waals surface area contributed by atoms with E-state index in [0.717, 1.165) is 54.4 Å². The molecule has 188 valence electrons. The summed E-state index contributed by atoms with van der Waals surface area (Å²) in [5.74, 6) is 1.09. The summed E-state index contributed by atoms with van der Waals surface area (Å²) in [5.41, 5.74) is 8.16. The number of nitrogens with two attached hydrogens (primary N) is 1. The molecule has 2 N–H and O–H groups in total. The van der Waals surface area contributed by atoms with Crippen LogP contribution in [0.4, 0.5) is 5.95 Å². The lowest BCUT2D eigenvalue weighted by Crippen LogP contribution is -2.44. The van der Waals surface area contributed by atoms with Gasteiger partial charge < -0.3 is 15.2 Å². The molecule has 9 heteroatoms. The fourth-order valence-electron chi connectivity index (χ4n) is 5.57. The molecule has 4 heterocycles. The van der Waals surface area contributed by atoms with Crippen molar-refractivity contribution in [1.82, 2.24) is 23.9 Å². The fraction of sp³-hybridized carbons (Fsp3) is 0.481. The van der Waals surface area contributed by atoms with Gasteiger partial charge in [-0.15, -0.1) is 0 Å². The van der Waals surface area contributed by atoms with E-state index >= 15 is 0 Å². The summed E-state index contributed by atoms with van der Waals surface area (Å²) in [6.07, 6.45) is 4.09. The van der Waals surface area contributed by atoms with Crippen molar-refractivity contribution in [2.24, 2.45) is 11.7 Å². The van der Waals surface area contributed by atoms with Crippen molar-refractivity contribution >= 4 is 27.8 Å². The second kappa shape index (κ2) is 8.89. The summed E-state index contributed by atoms with van der Waals surface area (Å²) < 4.78 is 5.13. The van der Waals surface area contributed by atoms with Crippen LogP contribution < -0.4 is 21.8 Å². The van der Waals surface area contributed by atoms with Crippen LogP contribution in [0.25, 0.3) is 21.8 Å². The lowest BCUT2D eigenvalue weighted by Gasteiger charge is -2.31. The first-order valence-electron chi connectivity index (χ1n) is 13.0. The third-order valence-corrected chi connectivity index (χ3v) is 7.54. The van der Waals surface area contributed by atoms with Gasteiger partial charge >= 0.3 is 0 Å². The maximum absolute atomic E-state index is 14.1. The molecule has 0 bridgehead atoms. The molecule has 2 fully saturated rings. The first kappa shape index (κ1) is 23.0. The van der Waals surface area contributed by atoms with E-state index in [1.54, 1.807) is 9.36 Å². The molecule has 0 spiro atoms. The standard InChI is InChI=1S/C27H33N7O2/c1-3-32-24-23(30-27(32)31-12-6-8-20(28)15-31)25(35)33(14-18-10-11-18)34(26(24)36)16-22-21-9-5-4-7-19(21)13-17(2)29-22/h4-5,7,9,13,18,20H,3,6,8,10-12,14-16,28H2,1-2H3. The number of pyridine rings is 1. The van der Waals surface area contributed by atoms with Crippen molar-refractivity contribution in [1.29, 1.82) is 0 Å². The number of hydrogen-bond donors (Lipinski definition) is 1. The number of anilines is 1. The Bertz CT molecular complexity index is 1580. The Morgan fingerprint density at radius 1 is 1.06 bits per heavy atom. The summed E-state index contributed by atoms with van der Waals surface area (Å²) in [5, 5.41) is 2.07. The van der Waals surface area contributed by atoms with Crippen molar-refractivity contribution in [2.45, 2.75) is 65.2 Å². The second-order valence-electron chi connectivity index (χ2n) is 10.3. The lowest BCUT2D eigenvalue weighted by atomic mass is 10.1. The average molecular weight is 488 g/mol. The zero-order valence-electron chi connectivity index (χ0n) is 21.0. The first-order chi connectivity index (χ1) is 17.4. The Labute approximate surface area is 209 Å². The van der Waals surface area contributed by atoms with E-state index in [9.17, 15) is 9.59 Å². The maximum atomic E-state index is 14.1. The van der Waals surface area contributed by atoms with Crippen LogP contribution in [0, 0.1) is 12.8 Å². The van der Waals surface area contributed by atoms with Crippen LogP contribution in [0.1, 0.15) is 44.0 Å². The number of rotatable bonds is 6. The number of hydrogen-bond acceptors (Lipinski definition) is 6. The van der Waals surface area contributed by atoms with Gasteiger partial charge in [0.2, 0.25) is 5.95 Å². The maximum Gasteiger partial charge on any atom is 0.293 e. The Morgan fingerprint density at radius 3 is 2.61 bits per heavy atom. The summed E-state index contributed by atoms with van der Waals surface area (Å²) in [4.78, 5) is 39.7. The van der Waals surface area contributed by atoms with E-state index in [1.807, 2.05) is 42.7 Å². The van der Waals surface area contributed by atoms with Gasteiger partial charge in [0.15, 0.2) is 5.52 Å². The molecule has 2 aliphatic rings. The van der Waals surface area contributed by atoms with Gasteiger partial charge in [0.25, 0.3) is 11.1 Å².